The van der Waals surface area contributed by atoms with Crippen molar-refractivity contribution < 1.29 is 4.42 Å². The zero-order chi connectivity index (χ0) is 11.8. The van der Waals surface area contributed by atoms with Gasteiger partial charge in [0.25, 0.3) is 6.01 Å². The van der Waals surface area contributed by atoms with Gasteiger partial charge in [-0.2, -0.15) is 4.98 Å². The van der Waals surface area contributed by atoms with E-state index in [9.17, 15) is 0 Å². The van der Waals surface area contributed by atoms with Crippen molar-refractivity contribution in [1.82, 2.24) is 9.88 Å². The molecule has 2 fully saturated rings. The maximum absolute atomic E-state index is 5.75. The number of likely N-dealkylation sites (N-methyl/N-ethyl adjacent to an activating group) is 1. The predicted molar refractivity (Wildman–Crippen MR) is 67.5 cm³/mol. The summed E-state index contributed by atoms with van der Waals surface area (Å²) in [5, 5.41) is 0. The molecule has 0 amide bonds. The highest BCUT2D eigenvalue weighted by Crippen LogP contribution is 2.30. The van der Waals surface area contributed by atoms with Crippen molar-refractivity contribution >= 4 is 17.6 Å². The van der Waals surface area contributed by atoms with E-state index in [2.05, 4.69) is 21.8 Å². The van der Waals surface area contributed by atoms with Crippen LogP contribution in [0.1, 0.15) is 25.0 Å². The summed E-state index contributed by atoms with van der Waals surface area (Å²) >= 11 is 5.75. The number of nitrogens with zero attached hydrogens (tertiary/aromatic N) is 3. The Morgan fingerprint density at radius 1 is 1.41 bits per heavy atom. The maximum atomic E-state index is 5.75. The van der Waals surface area contributed by atoms with Crippen LogP contribution in [0, 0.1) is 0 Å². The van der Waals surface area contributed by atoms with Crippen molar-refractivity contribution in [3.8, 4) is 0 Å². The largest absolute Gasteiger partial charge is 0.432 e. The van der Waals surface area contributed by atoms with Crippen molar-refractivity contribution in [2.45, 2.75) is 37.2 Å². The minimum Gasteiger partial charge on any atom is -0.432 e. The number of aromatic nitrogens is 1. The fraction of sp³-hybridized carbons (Fsp3) is 0.750. The standard InChI is InChI=1S/C12H18ClN3O/c1-15-10-2-3-11(15)7-16(5-4-10)12-14-9(6-13)8-17-12/h8,10-11H,2-7H2,1H3. The molecule has 4 nitrogen and oxygen atoms in total. The quantitative estimate of drug-likeness (QED) is 0.758. The summed E-state index contributed by atoms with van der Waals surface area (Å²) in [6, 6.07) is 2.13. The molecule has 0 aliphatic carbocycles. The van der Waals surface area contributed by atoms with Crippen molar-refractivity contribution in [3.63, 3.8) is 0 Å². The number of hydrogen-bond donors (Lipinski definition) is 0. The minimum atomic E-state index is 0.420. The molecule has 2 atom stereocenters. The predicted octanol–water partition coefficient (Wildman–Crippen LogP) is 2.09. The van der Waals surface area contributed by atoms with E-state index in [1.165, 1.54) is 19.3 Å². The summed E-state index contributed by atoms with van der Waals surface area (Å²) in [4.78, 5) is 9.19. The van der Waals surface area contributed by atoms with Crippen LogP contribution in [0.25, 0.3) is 0 Å². The fourth-order valence-electron chi connectivity index (χ4n) is 2.99. The molecule has 2 aliphatic heterocycles. The SMILES string of the molecule is CN1C2CCC1CN(c1nc(CCl)co1)CC2. The first-order valence-corrected chi connectivity index (χ1v) is 6.78. The summed E-state index contributed by atoms with van der Waals surface area (Å²) < 4.78 is 5.51. The van der Waals surface area contributed by atoms with Crippen LogP contribution in [-0.2, 0) is 5.88 Å². The normalized spacial score (nSPS) is 29.6. The molecule has 0 radical (unpaired) electrons. The fourth-order valence-corrected chi connectivity index (χ4v) is 3.11. The average molecular weight is 256 g/mol. The molecule has 2 saturated heterocycles. The molecule has 2 unspecified atom stereocenters. The Kier molecular flexibility index (Phi) is 3.01. The molecule has 3 rings (SSSR count). The van der Waals surface area contributed by atoms with E-state index >= 15 is 0 Å². The van der Waals surface area contributed by atoms with E-state index in [0.717, 1.165) is 30.8 Å². The monoisotopic (exact) mass is 255 g/mol. The second-order valence-corrected chi connectivity index (χ2v) is 5.31. The number of fused-ring (bicyclic) bond motifs is 2. The number of alkyl halides is 1. The number of anilines is 1. The molecule has 5 heteroatoms. The van der Waals surface area contributed by atoms with Crippen LogP contribution in [0.2, 0.25) is 0 Å². The number of halogens is 1. The number of rotatable bonds is 2. The molecule has 2 bridgehead atoms. The first-order valence-electron chi connectivity index (χ1n) is 6.25. The highest BCUT2D eigenvalue weighted by Gasteiger charge is 2.35. The Bertz CT molecular complexity index is 395. The molecule has 17 heavy (non-hydrogen) atoms. The van der Waals surface area contributed by atoms with Crippen LogP contribution in [-0.4, -0.2) is 42.1 Å². The van der Waals surface area contributed by atoms with Crippen LogP contribution in [0.5, 0.6) is 0 Å². The van der Waals surface area contributed by atoms with E-state index in [1.54, 1.807) is 6.26 Å². The Balaban J connectivity index is 1.76. The van der Waals surface area contributed by atoms with E-state index in [4.69, 9.17) is 16.0 Å². The Hall–Kier alpha value is -0.740. The van der Waals surface area contributed by atoms with E-state index in [1.807, 2.05) is 0 Å². The zero-order valence-corrected chi connectivity index (χ0v) is 10.9. The van der Waals surface area contributed by atoms with Gasteiger partial charge in [0.2, 0.25) is 0 Å². The van der Waals surface area contributed by atoms with Crippen molar-refractivity contribution in [3.05, 3.63) is 12.0 Å². The van der Waals surface area contributed by atoms with E-state index in [-0.39, 0.29) is 0 Å². The van der Waals surface area contributed by atoms with Gasteiger partial charge < -0.3 is 9.32 Å². The molecule has 2 aliphatic rings. The highest BCUT2D eigenvalue weighted by atomic mass is 35.5. The van der Waals surface area contributed by atoms with Gasteiger partial charge in [-0.15, -0.1) is 11.6 Å². The van der Waals surface area contributed by atoms with Crippen molar-refractivity contribution in [1.29, 1.82) is 0 Å². The van der Waals surface area contributed by atoms with E-state index < -0.39 is 0 Å². The van der Waals surface area contributed by atoms with E-state index in [0.29, 0.717) is 11.9 Å². The minimum absolute atomic E-state index is 0.420. The van der Waals surface area contributed by atoms with Gasteiger partial charge in [-0.05, 0) is 26.3 Å². The lowest BCUT2D eigenvalue weighted by atomic mass is 10.1. The van der Waals surface area contributed by atoms with Gasteiger partial charge in [-0.3, -0.25) is 4.90 Å². The van der Waals surface area contributed by atoms with Crippen LogP contribution in [0.4, 0.5) is 6.01 Å². The molecule has 1 aromatic rings. The van der Waals surface area contributed by atoms with Gasteiger partial charge in [0.15, 0.2) is 0 Å². The molecule has 3 heterocycles. The first-order chi connectivity index (χ1) is 8.28. The Labute approximate surface area is 107 Å². The lowest BCUT2D eigenvalue weighted by Gasteiger charge is -2.24. The smallest absolute Gasteiger partial charge is 0.297 e. The lowest BCUT2D eigenvalue weighted by molar-refractivity contribution is 0.254. The average Bonchev–Trinajstić information content (AvgIpc) is 2.86. The van der Waals surface area contributed by atoms with Gasteiger partial charge in [0, 0.05) is 25.2 Å². The molecule has 0 spiro atoms. The first kappa shape index (κ1) is 11.4. The van der Waals surface area contributed by atoms with Crippen LogP contribution >= 0.6 is 11.6 Å². The molecule has 0 aromatic carbocycles. The van der Waals surface area contributed by atoms with Crippen molar-refractivity contribution in [2.75, 3.05) is 25.0 Å². The van der Waals surface area contributed by atoms with Gasteiger partial charge in [-0.25, -0.2) is 0 Å². The summed E-state index contributed by atoms with van der Waals surface area (Å²) in [6.45, 7) is 2.06. The van der Waals surface area contributed by atoms with Crippen LogP contribution in [0.15, 0.2) is 10.7 Å². The number of oxazole rings is 1. The molecular formula is C12H18ClN3O. The summed E-state index contributed by atoms with van der Waals surface area (Å²) in [7, 11) is 2.24. The molecule has 94 valence electrons. The molecule has 0 saturated carbocycles. The number of hydrogen-bond acceptors (Lipinski definition) is 4. The third-order valence-electron chi connectivity index (χ3n) is 4.10. The van der Waals surface area contributed by atoms with Crippen LogP contribution in [0.3, 0.4) is 0 Å². The van der Waals surface area contributed by atoms with Gasteiger partial charge in [0.05, 0.1) is 11.6 Å². The third-order valence-corrected chi connectivity index (χ3v) is 4.37. The summed E-state index contributed by atoms with van der Waals surface area (Å²) in [5.41, 5.74) is 0.824. The van der Waals surface area contributed by atoms with Crippen molar-refractivity contribution in [2.24, 2.45) is 0 Å². The summed E-state index contributed by atoms with van der Waals surface area (Å²) in [6.07, 6.45) is 5.50. The van der Waals surface area contributed by atoms with Crippen LogP contribution < -0.4 is 4.90 Å². The topological polar surface area (TPSA) is 32.5 Å². The molecule has 1 aromatic heterocycles. The maximum Gasteiger partial charge on any atom is 0.297 e. The molecule has 0 N–H and O–H groups in total. The second kappa shape index (κ2) is 4.50. The molecular weight excluding hydrogens is 238 g/mol. The van der Waals surface area contributed by atoms with Gasteiger partial charge in [0.1, 0.15) is 6.26 Å². The third kappa shape index (κ3) is 2.04. The second-order valence-electron chi connectivity index (χ2n) is 5.04. The Morgan fingerprint density at radius 2 is 2.24 bits per heavy atom. The Morgan fingerprint density at radius 3 is 3.00 bits per heavy atom. The van der Waals surface area contributed by atoms with Gasteiger partial charge in [-0.1, -0.05) is 0 Å². The lowest BCUT2D eigenvalue weighted by Crippen LogP contribution is -2.36. The highest BCUT2D eigenvalue weighted by molar-refractivity contribution is 6.16. The summed E-state index contributed by atoms with van der Waals surface area (Å²) in [5.74, 6) is 0.420. The van der Waals surface area contributed by atoms with Gasteiger partial charge >= 0.3 is 0 Å². The zero-order valence-electron chi connectivity index (χ0n) is 10.1.